The Morgan fingerprint density at radius 3 is 1.14 bits per heavy atom. The zero-order valence-corrected chi connectivity index (χ0v) is 14.6. The van der Waals surface area contributed by atoms with Crippen molar-refractivity contribution in [2.45, 2.75) is 13.8 Å². The van der Waals surface area contributed by atoms with E-state index < -0.39 is 51.9 Å². The molecule has 28 heavy (non-hydrogen) atoms. The third-order valence-electron chi connectivity index (χ3n) is 4.08. The van der Waals surface area contributed by atoms with Gasteiger partial charge in [-0.2, -0.15) is 0 Å². The minimum absolute atomic E-state index is 0.0353. The second kappa shape index (κ2) is 7.31. The van der Waals surface area contributed by atoms with E-state index in [-0.39, 0.29) is 22.3 Å². The van der Waals surface area contributed by atoms with Gasteiger partial charge in [0.2, 0.25) is 0 Å². The first kappa shape index (κ1) is 20.3. The monoisotopic (exact) mass is 386 g/mol. The summed E-state index contributed by atoms with van der Waals surface area (Å²) in [4.78, 5) is 58.1. The van der Waals surface area contributed by atoms with E-state index in [1.54, 1.807) is 0 Å². The minimum atomic E-state index is -1.54. The SMILES string of the molecule is Cc1cc(C(=O)c2cc(C)c(C(=O)O)c(C(=O)O)c2)cc(C(=O)O)c1C(=O)O. The molecule has 0 heterocycles. The normalized spacial score (nSPS) is 10.4. The number of benzene rings is 2. The first-order chi connectivity index (χ1) is 13.0. The van der Waals surface area contributed by atoms with Gasteiger partial charge in [-0.25, -0.2) is 19.2 Å². The minimum Gasteiger partial charge on any atom is -0.478 e. The fraction of sp³-hybridized carbons (Fsp3) is 0.105. The highest BCUT2D eigenvalue weighted by atomic mass is 16.4. The van der Waals surface area contributed by atoms with Crippen LogP contribution in [0.5, 0.6) is 0 Å². The van der Waals surface area contributed by atoms with E-state index in [0.717, 1.165) is 12.1 Å². The Balaban J connectivity index is 2.70. The van der Waals surface area contributed by atoms with Gasteiger partial charge in [0.25, 0.3) is 0 Å². The van der Waals surface area contributed by atoms with Crippen LogP contribution in [0.2, 0.25) is 0 Å². The van der Waals surface area contributed by atoms with Crippen LogP contribution in [0.4, 0.5) is 0 Å². The predicted molar refractivity (Wildman–Crippen MR) is 93.6 cm³/mol. The summed E-state index contributed by atoms with van der Waals surface area (Å²) in [7, 11) is 0. The summed E-state index contributed by atoms with van der Waals surface area (Å²) in [5, 5.41) is 36.9. The van der Waals surface area contributed by atoms with E-state index in [1.165, 1.54) is 26.0 Å². The number of ketones is 1. The maximum absolute atomic E-state index is 12.8. The van der Waals surface area contributed by atoms with E-state index in [2.05, 4.69) is 0 Å². The molecule has 0 saturated heterocycles. The van der Waals surface area contributed by atoms with E-state index in [0.29, 0.717) is 0 Å². The van der Waals surface area contributed by atoms with Gasteiger partial charge in [-0.1, -0.05) is 0 Å². The fourth-order valence-electron chi connectivity index (χ4n) is 2.91. The lowest BCUT2D eigenvalue weighted by molar-refractivity contribution is 0.0650. The summed E-state index contributed by atoms with van der Waals surface area (Å²) >= 11 is 0. The van der Waals surface area contributed by atoms with Crippen LogP contribution in [0.25, 0.3) is 0 Å². The Hall–Kier alpha value is -4.01. The van der Waals surface area contributed by atoms with Crippen molar-refractivity contribution in [1.82, 2.24) is 0 Å². The molecule has 0 bridgehead atoms. The maximum atomic E-state index is 12.8. The molecule has 4 N–H and O–H groups in total. The number of carboxylic acids is 4. The molecule has 0 aliphatic carbocycles. The second-order valence-corrected chi connectivity index (χ2v) is 5.98. The number of carbonyl (C=O) groups excluding carboxylic acids is 1. The largest absolute Gasteiger partial charge is 0.478 e. The molecule has 0 fully saturated rings. The quantitative estimate of drug-likeness (QED) is 0.545. The number of aryl methyl sites for hydroxylation is 2. The van der Waals surface area contributed by atoms with Gasteiger partial charge in [0.15, 0.2) is 5.78 Å². The average Bonchev–Trinajstić information content (AvgIpc) is 2.58. The van der Waals surface area contributed by atoms with Crippen LogP contribution in [0.1, 0.15) is 68.5 Å². The van der Waals surface area contributed by atoms with Gasteiger partial charge < -0.3 is 20.4 Å². The van der Waals surface area contributed by atoms with Crippen LogP contribution < -0.4 is 0 Å². The summed E-state index contributed by atoms with van der Waals surface area (Å²) in [5.41, 5.74) is -2.37. The Kier molecular flexibility index (Phi) is 5.30. The lowest BCUT2D eigenvalue weighted by Crippen LogP contribution is -2.15. The summed E-state index contributed by atoms with van der Waals surface area (Å²) in [5.74, 6) is -6.80. The molecule has 2 aromatic rings. The van der Waals surface area contributed by atoms with Crippen LogP contribution in [-0.4, -0.2) is 50.1 Å². The van der Waals surface area contributed by atoms with Crippen LogP contribution in [0.3, 0.4) is 0 Å². The van der Waals surface area contributed by atoms with Gasteiger partial charge in [-0.3, -0.25) is 4.79 Å². The summed E-state index contributed by atoms with van der Waals surface area (Å²) in [6.07, 6.45) is 0. The lowest BCUT2D eigenvalue weighted by Gasteiger charge is -2.11. The molecule has 0 radical (unpaired) electrons. The zero-order chi connectivity index (χ0) is 21.3. The van der Waals surface area contributed by atoms with Crippen LogP contribution in [0.15, 0.2) is 24.3 Å². The molecule has 2 rings (SSSR count). The molecule has 0 aliphatic rings. The van der Waals surface area contributed by atoms with Crippen LogP contribution in [-0.2, 0) is 0 Å². The summed E-state index contributed by atoms with van der Waals surface area (Å²) in [6.45, 7) is 2.66. The Labute approximate surface area is 157 Å². The molecule has 0 saturated carbocycles. The number of aromatic carboxylic acids is 4. The van der Waals surface area contributed by atoms with E-state index >= 15 is 0 Å². The van der Waals surface area contributed by atoms with Crippen LogP contribution in [0, 0.1) is 13.8 Å². The van der Waals surface area contributed by atoms with Crippen molar-refractivity contribution < 1.29 is 44.4 Å². The number of carbonyl (C=O) groups is 5. The van der Waals surface area contributed by atoms with Gasteiger partial charge in [0.05, 0.1) is 22.3 Å². The lowest BCUT2D eigenvalue weighted by atomic mass is 9.91. The van der Waals surface area contributed by atoms with Crippen molar-refractivity contribution in [2.75, 3.05) is 0 Å². The van der Waals surface area contributed by atoms with Crippen molar-refractivity contribution in [3.8, 4) is 0 Å². The summed E-state index contributed by atoms with van der Waals surface area (Å²) in [6, 6.07) is 4.14. The third kappa shape index (κ3) is 3.58. The van der Waals surface area contributed by atoms with E-state index in [9.17, 15) is 44.4 Å². The van der Waals surface area contributed by atoms with Gasteiger partial charge >= 0.3 is 23.9 Å². The zero-order valence-electron chi connectivity index (χ0n) is 14.6. The first-order valence-electron chi connectivity index (χ1n) is 7.72. The average molecular weight is 386 g/mol. The van der Waals surface area contributed by atoms with Gasteiger partial charge in [0, 0.05) is 11.1 Å². The molecule has 0 atom stereocenters. The number of rotatable bonds is 6. The van der Waals surface area contributed by atoms with Gasteiger partial charge in [-0.05, 0) is 49.2 Å². The maximum Gasteiger partial charge on any atom is 0.336 e. The first-order valence-corrected chi connectivity index (χ1v) is 7.72. The summed E-state index contributed by atoms with van der Waals surface area (Å²) < 4.78 is 0. The Morgan fingerprint density at radius 2 is 0.893 bits per heavy atom. The van der Waals surface area contributed by atoms with Gasteiger partial charge in [0.1, 0.15) is 0 Å². The molecule has 9 heteroatoms. The molecule has 0 unspecified atom stereocenters. The molecule has 2 aromatic carbocycles. The molecule has 0 aliphatic heterocycles. The highest BCUT2D eigenvalue weighted by Crippen LogP contribution is 2.23. The molecule has 0 amide bonds. The molecular weight excluding hydrogens is 372 g/mol. The third-order valence-corrected chi connectivity index (χ3v) is 4.08. The van der Waals surface area contributed by atoms with Crippen molar-refractivity contribution in [3.05, 3.63) is 68.8 Å². The standard InChI is InChI=1S/C19H14O9/c1-7-3-9(5-11(16(21)22)13(7)18(25)26)15(20)10-4-8(2)14(19(27)28)12(6-10)17(23)24/h3-6H,1-2H3,(H,21,22)(H,23,24)(H,25,26)(H,27,28). The smallest absolute Gasteiger partial charge is 0.336 e. The van der Waals surface area contributed by atoms with Crippen molar-refractivity contribution in [1.29, 1.82) is 0 Å². The highest BCUT2D eigenvalue weighted by molar-refractivity contribution is 6.14. The highest BCUT2D eigenvalue weighted by Gasteiger charge is 2.25. The number of carboxylic acid groups (broad SMARTS) is 4. The van der Waals surface area contributed by atoms with Crippen LogP contribution >= 0.6 is 0 Å². The molecule has 9 nitrogen and oxygen atoms in total. The van der Waals surface area contributed by atoms with Crippen molar-refractivity contribution >= 4 is 29.7 Å². The fourth-order valence-corrected chi connectivity index (χ4v) is 2.91. The molecule has 144 valence electrons. The number of hydrogen-bond donors (Lipinski definition) is 4. The Morgan fingerprint density at radius 1 is 0.571 bits per heavy atom. The van der Waals surface area contributed by atoms with E-state index in [1.807, 2.05) is 0 Å². The van der Waals surface area contributed by atoms with Crippen molar-refractivity contribution in [2.24, 2.45) is 0 Å². The topological polar surface area (TPSA) is 166 Å². The second-order valence-electron chi connectivity index (χ2n) is 5.98. The molecule has 0 spiro atoms. The Bertz CT molecular complexity index is 980. The van der Waals surface area contributed by atoms with Gasteiger partial charge in [-0.15, -0.1) is 0 Å². The van der Waals surface area contributed by atoms with Crippen molar-refractivity contribution in [3.63, 3.8) is 0 Å². The number of hydrogen-bond acceptors (Lipinski definition) is 5. The molecular formula is C19H14O9. The molecule has 0 aromatic heterocycles. The van der Waals surface area contributed by atoms with E-state index in [4.69, 9.17) is 0 Å². The predicted octanol–water partition coefficient (Wildman–Crippen LogP) is 2.33.